The first-order chi connectivity index (χ1) is 19.3. The van der Waals surface area contributed by atoms with Crippen LogP contribution in [0.2, 0.25) is 0 Å². The van der Waals surface area contributed by atoms with Crippen molar-refractivity contribution in [1.29, 1.82) is 0 Å². The number of aliphatic imine (C=N–C) groups is 1. The second-order valence-corrected chi connectivity index (χ2v) is 7.30. The first-order valence-electron chi connectivity index (χ1n) is 11.7. The molecule has 3 aromatic carbocycles. The highest BCUT2D eigenvalue weighted by atomic mass is 19.2. The molecule has 0 amide bonds. The van der Waals surface area contributed by atoms with Gasteiger partial charge in [-0.25, -0.2) is 44.5 Å². The second kappa shape index (κ2) is 17.8. The van der Waals surface area contributed by atoms with Crippen molar-refractivity contribution in [2.45, 2.75) is 27.2 Å². The van der Waals surface area contributed by atoms with Crippen molar-refractivity contribution in [3.8, 4) is 0 Å². The maximum atomic E-state index is 13.2. The summed E-state index contributed by atoms with van der Waals surface area (Å²) >= 11 is 0. The smallest absolute Gasteiger partial charge is 0.271 e. The van der Waals surface area contributed by atoms with E-state index in [-0.39, 0.29) is 0 Å². The molecule has 0 radical (unpaired) electrons. The average molecular weight is 599 g/mol. The Morgan fingerprint density at radius 2 is 0.976 bits per heavy atom. The minimum absolute atomic E-state index is 0.398. The molecular formula is C26H26F9N3O3. The third-order valence-electron chi connectivity index (χ3n) is 4.34. The third kappa shape index (κ3) is 12.1. The van der Waals surface area contributed by atoms with Crippen molar-refractivity contribution in [1.82, 2.24) is 0 Å². The van der Waals surface area contributed by atoms with Crippen LogP contribution < -0.4 is 11.1 Å². The summed E-state index contributed by atoms with van der Waals surface area (Å²) in [6, 6.07) is 2.68. The summed E-state index contributed by atoms with van der Waals surface area (Å²) < 4.78 is 130. The predicted octanol–water partition coefficient (Wildman–Crippen LogP) is 7.36. The number of anilines is 2. The molecule has 226 valence electrons. The van der Waals surface area contributed by atoms with Crippen molar-refractivity contribution in [2.75, 3.05) is 30.9 Å². The van der Waals surface area contributed by atoms with Crippen LogP contribution in [0.1, 0.15) is 20.8 Å². The number of nitrogens with two attached hydrogens (primary N) is 1. The molecule has 0 atom stereocenters. The SMILES string of the molecule is CCOC(OCC)OCC.Fc1cc(F)c(N=CNc2c(F)cc(F)cc2F)c(F)c1.Nc1c(F)cc(F)cc1F. The molecule has 3 rings (SSSR count). The summed E-state index contributed by atoms with van der Waals surface area (Å²) in [5.41, 5.74) is 2.59. The fraction of sp³-hybridized carbons (Fsp3) is 0.269. The third-order valence-corrected chi connectivity index (χ3v) is 4.34. The fourth-order valence-electron chi connectivity index (χ4n) is 2.61. The molecule has 0 aliphatic rings. The zero-order valence-corrected chi connectivity index (χ0v) is 21.9. The van der Waals surface area contributed by atoms with Crippen molar-refractivity contribution in [3.05, 3.63) is 88.8 Å². The topological polar surface area (TPSA) is 78.1 Å². The minimum atomic E-state index is -1.29. The quantitative estimate of drug-likeness (QED) is 0.0884. The van der Waals surface area contributed by atoms with Crippen molar-refractivity contribution >= 4 is 23.4 Å². The lowest BCUT2D eigenvalue weighted by atomic mass is 10.3. The highest BCUT2D eigenvalue weighted by molar-refractivity contribution is 5.78. The number of nitrogen functional groups attached to an aromatic ring is 1. The van der Waals surface area contributed by atoms with E-state index in [2.05, 4.69) is 4.99 Å². The van der Waals surface area contributed by atoms with Gasteiger partial charge in [0, 0.05) is 56.2 Å². The lowest BCUT2D eigenvalue weighted by molar-refractivity contribution is -0.282. The summed E-state index contributed by atoms with van der Waals surface area (Å²) in [7, 11) is 0. The lowest BCUT2D eigenvalue weighted by Crippen LogP contribution is -2.20. The molecule has 0 saturated heterocycles. The first-order valence-corrected chi connectivity index (χ1v) is 11.7. The molecule has 3 N–H and O–H groups in total. The Bertz CT molecular complexity index is 1210. The van der Waals surface area contributed by atoms with Gasteiger partial charge in [0.15, 0.2) is 34.9 Å². The molecule has 41 heavy (non-hydrogen) atoms. The summed E-state index contributed by atoms with van der Waals surface area (Å²) in [5.74, 6) is -10.4. The monoisotopic (exact) mass is 599 g/mol. The Balaban J connectivity index is 0.000000351. The molecule has 0 bridgehead atoms. The van der Waals surface area contributed by atoms with Crippen LogP contribution in [-0.2, 0) is 14.2 Å². The van der Waals surface area contributed by atoms with Gasteiger partial charge >= 0.3 is 0 Å². The molecule has 0 aromatic heterocycles. The standard InChI is InChI=1S/C13H6F6N2.C7H16O3.C6H4F3N/c14-6-1-8(16)12(9(17)2-6)20-5-21-13-10(18)3-7(15)4-11(13)19;1-4-8-7(9-5-2)10-6-3;7-3-1-4(8)6(10)5(9)2-3/h1-5H,(H,20,21);7H,4-6H2,1-3H3;1-2H,10H2. The number of nitrogens with zero attached hydrogens (tertiary/aromatic N) is 1. The molecule has 0 fully saturated rings. The number of hydrogen-bond donors (Lipinski definition) is 2. The summed E-state index contributed by atoms with van der Waals surface area (Å²) in [4.78, 5) is 3.27. The summed E-state index contributed by atoms with van der Waals surface area (Å²) in [5, 5.41) is 1.99. The van der Waals surface area contributed by atoms with Crippen molar-refractivity contribution < 1.29 is 53.7 Å². The van der Waals surface area contributed by atoms with Gasteiger partial charge in [-0.05, 0) is 20.8 Å². The molecule has 6 nitrogen and oxygen atoms in total. The fourth-order valence-corrected chi connectivity index (χ4v) is 2.61. The number of halogens is 9. The van der Waals surface area contributed by atoms with E-state index in [0.29, 0.717) is 62.6 Å². The number of hydrogen-bond acceptors (Lipinski definition) is 5. The van der Waals surface area contributed by atoms with Crippen LogP contribution in [0.3, 0.4) is 0 Å². The predicted molar refractivity (Wildman–Crippen MR) is 134 cm³/mol. The van der Waals surface area contributed by atoms with E-state index < -0.39 is 75.9 Å². The van der Waals surface area contributed by atoms with Gasteiger partial charge in [0.25, 0.3) is 6.48 Å². The highest BCUT2D eigenvalue weighted by Crippen LogP contribution is 2.24. The van der Waals surface area contributed by atoms with E-state index in [4.69, 9.17) is 19.9 Å². The Morgan fingerprint density at radius 1 is 0.634 bits per heavy atom. The normalized spacial score (nSPS) is 10.8. The van der Waals surface area contributed by atoms with Crippen LogP contribution in [0.15, 0.2) is 41.4 Å². The number of ether oxygens (including phenoxy) is 3. The van der Waals surface area contributed by atoms with Crippen LogP contribution in [0.25, 0.3) is 0 Å². The van der Waals surface area contributed by atoms with E-state index in [1.165, 1.54) is 0 Å². The Kier molecular flexibility index (Phi) is 15.3. The number of benzene rings is 3. The Hall–Kier alpha value is -3.82. The molecule has 0 heterocycles. The van der Waals surface area contributed by atoms with E-state index in [1.807, 2.05) is 26.1 Å². The largest absolute Gasteiger partial charge is 0.394 e. The second-order valence-electron chi connectivity index (χ2n) is 7.30. The Labute approximate surface area is 229 Å². The van der Waals surface area contributed by atoms with Crippen LogP contribution in [-0.4, -0.2) is 32.6 Å². The maximum absolute atomic E-state index is 13.2. The van der Waals surface area contributed by atoms with Gasteiger partial charge in [-0.15, -0.1) is 0 Å². The summed E-state index contributed by atoms with van der Waals surface area (Å²) in [6.07, 6.45) is 0.596. The van der Waals surface area contributed by atoms with Gasteiger partial charge in [0.05, 0.1) is 6.34 Å². The van der Waals surface area contributed by atoms with Crippen molar-refractivity contribution in [3.63, 3.8) is 0 Å². The van der Waals surface area contributed by atoms with E-state index in [1.54, 1.807) is 0 Å². The Morgan fingerprint density at radius 3 is 1.34 bits per heavy atom. The highest BCUT2D eigenvalue weighted by Gasteiger charge is 2.12. The van der Waals surface area contributed by atoms with Gasteiger partial charge in [-0.2, -0.15) is 0 Å². The zero-order chi connectivity index (χ0) is 31.1. The number of nitrogens with one attached hydrogen (secondary N) is 1. The molecule has 15 heteroatoms. The molecule has 0 aliphatic carbocycles. The van der Waals surface area contributed by atoms with Gasteiger partial charge in [0.1, 0.15) is 34.5 Å². The van der Waals surface area contributed by atoms with Gasteiger partial charge in [-0.3, -0.25) is 0 Å². The first kappa shape index (κ1) is 35.2. The van der Waals surface area contributed by atoms with Gasteiger partial charge < -0.3 is 25.3 Å². The average Bonchev–Trinajstić information content (AvgIpc) is 2.86. The van der Waals surface area contributed by atoms with Crippen molar-refractivity contribution in [2.24, 2.45) is 4.99 Å². The van der Waals surface area contributed by atoms with Crippen LogP contribution in [0.4, 0.5) is 56.6 Å². The van der Waals surface area contributed by atoms with Crippen LogP contribution in [0.5, 0.6) is 0 Å². The molecular weight excluding hydrogens is 573 g/mol. The van der Waals surface area contributed by atoms with E-state index in [0.717, 1.165) is 0 Å². The lowest BCUT2D eigenvalue weighted by Gasteiger charge is -2.15. The van der Waals surface area contributed by atoms with E-state index in [9.17, 15) is 39.5 Å². The molecule has 0 aliphatic heterocycles. The summed E-state index contributed by atoms with van der Waals surface area (Å²) in [6.45, 7) is 7.10. The van der Waals surface area contributed by atoms with Crippen LogP contribution >= 0.6 is 0 Å². The molecule has 3 aromatic rings. The van der Waals surface area contributed by atoms with Gasteiger partial charge in [0.2, 0.25) is 0 Å². The minimum Gasteiger partial charge on any atom is -0.394 e. The molecule has 0 unspecified atom stereocenters. The van der Waals surface area contributed by atoms with Crippen LogP contribution in [0, 0.1) is 52.4 Å². The zero-order valence-electron chi connectivity index (χ0n) is 21.9. The van der Waals surface area contributed by atoms with Gasteiger partial charge in [-0.1, -0.05) is 0 Å². The van der Waals surface area contributed by atoms with E-state index >= 15 is 0 Å². The molecule has 0 saturated carbocycles. The molecule has 0 spiro atoms. The number of rotatable bonds is 9. The maximum Gasteiger partial charge on any atom is 0.271 e.